The van der Waals surface area contributed by atoms with Crippen molar-refractivity contribution in [2.45, 2.75) is 24.9 Å². The minimum absolute atomic E-state index is 0.0478. The minimum Gasteiger partial charge on any atom is -0.480 e. The fourth-order valence-corrected chi connectivity index (χ4v) is 2.29. The number of aromatic nitrogens is 2. The van der Waals surface area contributed by atoms with Crippen molar-refractivity contribution in [1.82, 2.24) is 15.3 Å². The van der Waals surface area contributed by atoms with E-state index in [1.807, 2.05) is 0 Å². The Labute approximate surface area is 119 Å². The average molecular weight is 301 g/mol. The molecular weight excluding hydrogens is 286 g/mol. The fraction of sp³-hybridized carbons (Fsp3) is 0.455. The Balaban J connectivity index is 2.69. The van der Waals surface area contributed by atoms with E-state index >= 15 is 0 Å². The number of amides is 1. The number of aromatic amines is 1. The number of imidazole rings is 1. The molecule has 1 rings (SSSR count). The van der Waals surface area contributed by atoms with Gasteiger partial charge in [0.2, 0.25) is 5.91 Å². The summed E-state index contributed by atoms with van der Waals surface area (Å²) in [6.07, 6.45) is 1.32. The highest BCUT2D eigenvalue weighted by molar-refractivity contribution is 7.99. The lowest BCUT2D eigenvalue weighted by Crippen LogP contribution is -2.41. The van der Waals surface area contributed by atoms with Gasteiger partial charge in [-0.2, -0.15) is 0 Å². The molecule has 3 N–H and O–H groups in total. The Kier molecular flexibility index (Phi) is 6.04. The summed E-state index contributed by atoms with van der Waals surface area (Å²) in [6, 6.07) is -1.05. The molecule has 20 heavy (non-hydrogen) atoms. The number of H-pyrrole nitrogens is 1. The van der Waals surface area contributed by atoms with Crippen LogP contribution in [0.1, 0.15) is 24.3 Å². The molecule has 9 heteroatoms. The molecule has 0 radical (unpaired) electrons. The number of carboxylic acid groups (broad SMARTS) is 1. The quantitative estimate of drug-likeness (QED) is 0.488. The van der Waals surface area contributed by atoms with Crippen LogP contribution in [-0.4, -0.2) is 51.3 Å². The number of carbonyl (C=O) groups is 3. The molecule has 0 aromatic carbocycles. The van der Waals surface area contributed by atoms with Gasteiger partial charge in [0, 0.05) is 12.7 Å². The van der Waals surface area contributed by atoms with Gasteiger partial charge in [-0.25, -0.2) is 14.6 Å². The predicted octanol–water partition coefficient (Wildman–Crippen LogP) is 0.268. The summed E-state index contributed by atoms with van der Waals surface area (Å²) < 4.78 is 4.84. The van der Waals surface area contributed by atoms with Gasteiger partial charge in [-0.05, 0) is 6.92 Å². The van der Waals surface area contributed by atoms with Gasteiger partial charge in [0.1, 0.15) is 11.1 Å². The first kappa shape index (κ1) is 16.0. The third kappa shape index (κ3) is 4.57. The van der Waals surface area contributed by atoms with Crippen LogP contribution in [-0.2, 0) is 14.3 Å². The molecule has 0 aliphatic heterocycles. The monoisotopic (exact) mass is 301 g/mol. The maximum Gasteiger partial charge on any atom is 0.357 e. The number of carbonyl (C=O) groups excluding carboxylic acids is 2. The van der Waals surface area contributed by atoms with Crippen LogP contribution in [0, 0.1) is 0 Å². The first-order valence-corrected chi connectivity index (χ1v) is 6.77. The Morgan fingerprint density at radius 1 is 1.55 bits per heavy atom. The smallest absolute Gasteiger partial charge is 0.357 e. The number of esters is 1. The second-order valence-corrected chi connectivity index (χ2v) is 4.71. The number of thioether (sulfide) groups is 1. The number of hydrogen-bond acceptors (Lipinski definition) is 6. The second-order valence-electron chi connectivity index (χ2n) is 3.71. The number of hydrogen-bond donors (Lipinski definition) is 3. The van der Waals surface area contributed by atoms with Crippen LogP contribution in [0.5, 0.6) is 0 Å². The van der Waals surface area contributed by atoms with Crippen molar-refractivity contribution in [2.75, 3.05) is 12.4 Å². The van der Waals surface area contributed by atoms with Crippen molar-refractivity contribution in [3.05, 3.63) is 12.0 Å². The number of aliphatic carboxylic acids is 1. The third-order valence-electron chi connectivity index (χ3n) is 2.15. The van der Waals surface area contributed by atoms with Crippen LogP contribution in [0.15, 0.2) is 11.4 Å². The molecule has 8 nitrogen and oxygen atoms in total. The highest BCUT2D eigenvalue weighted by Gasteiger charge is 2.22. The zero-order chi connectivity index (χ0) is 15.1. The Hall–Kier alpha value is -2.03. The van der Waals surface area contributed by atoms with Crippen molar-refractivity contribution in [3.63, 3.8) is 0 Å². The topological polar surface area (TPSA) is 121 Å². The van der Waals surface area contributed by atoms with E-state index in [-0.39, 0.29) is 18.1 Å². The molecule has 1 aromatic rings. The number of carboxylic acids is 1. The van der Waals surface area contributed by atoms with E-state index in [0.717, 1.165) is 11.8 Å². The number of nitrogens with one attached hydrogen (secondary N) is 2. The standard InChI is InChI=1S/C11H15N3O5S/c1-3-19-11(18)8-9(13-5-12-8)20-4-7(10(16)17)14-6(2)15/h5,7H,3-4H2,1-2H3,(H,12,13)(H,14,15)(H,16,17). The van der Waals surface area contributed by atoms with E-state index in [1.165, 1.54) is 13.3 Å². The molecule has 1 amide bonds. The molecule has 1 unspecified atom stereocenters. The minimum atomic E-state index is -1.15. The van der Waals surface area contributed by atoms with Gasteiger partial charge in [0.05, 0.1) is 12.9 Å². The largest absolute Gasteiger partial charge is 0.480 e. The van der Waals surface area contributed by atoms with E-state index < -0.39 is 23.9 Å². The first-order chi connectivity index (χ1) is 9.45. The molecule has 1 atom stereocenters. The second kappa shape index (κ2) is 7.53. The zero-order valence-corrected chi connectivity index (χ0v) is 11.8. The molecular formula is C11H15N3O5S. The number of nitrogens with zero attached hydrogens (tertiary/aromatic N) is 1. The number of rotatable bonds is 7. The van der Waals surface area contributed by atoms with E-state index in [9.17, 15) is 14.4 Å². The lowest BCUT2D eigenvalue weighted by atomic mass is 10.3. The Morgan fingerprint density at radius 2 is 2.25 bits per heavy atom. The van der Waals surface area contributed by atoms with E-state index in [0.29, 0.717) is 5.03 Å². The normalized spacial score (nSPS) is 11.7. The molecule has 0 aliphatic carbocycles. The van der Waals surface area contributed by atoms with Crippen LogP contribution in [0.4, 0.5) is 0 Å². The number of ether oxygens (including phenoxy) is 1. The highest BCUT2D eigenvalue weighted by atomic mass is 32.2. The summed E-state index contributed by atoms with van der Waals surface area (Å²) >= 11 is 1.05. The molecule has 0 aliphatic rings. The molecule has 0 fully saturated rings. The molecule has 0 saturated carbocycles. The van der Waals surface area contributed by atoms with Crippen molar-refractivity contribution in [3.8, 4) is 0 Å². The van der Waals surface area contributed by atoms with E-state index in [2.05, 4.69) is 15.3 Å². The van der Waals surface area contributed by atoms with Crippen LogP contribution >= 0.6 is 11.8 Å². The average Bonchev–Trinajstić information content (AvgIpc) is 2.82. The third-order valence-corrected chi connectivity index (χ3v) is 3.23. The molecule has 1 heterocycles. The van der Waals surface area contributed by atoms with Gasteiger partial charge >= 0.3 is 11.9 Å². The lowest BCUT2D eigenvalue weighted by Gasteiger charge is -2.12. The fourth-order valence-electron chi connectivity index (χ4n) is 1.32. The molecule has 0 spiro atoms. The van der Waals surface area contributed by atoms with Gasteiger partial charge in [-0.3, -0.25) is 4.79 Å². The van der Waals surface area contributed by atoms with Crippen molar-refractivity contribution in [1.29, 1.82) is 0 Å². The van der Waals surface area contributed by atoms with Crippen molar-refractivity contribution < 1.29 is 24.2 Å². The summed E-state index contributed by atoms with van der Waals surface area (Å²) in [4.78, 5) is 40.0. The maximum absolute atomic E-state index is 11.6. The summed E-state index contributed by atoms with van der Waals surface area (Å²) in [5, 5.41) is 11.6. The van der Waals surface area contributed by atoms with Crippen LogP contribution < -0.4 is 5.32 Å². The summed E-state index contributed by atoms with van der Waals surface area (Å²) in [7, 11) is 0. The van der Waals surface area contributed by atoms with Crippen LogP contribution in [0.25, 0.3) is 0 Å². The van der Waals surface area contributed by atoms with E-state index in [4.69, 9.17) is 9.84 Å². The molecule has 0 saturated heterocycles. The van der Waals surface area contributed by atoms with Gasteiger partial charge < -0.3 is 20.1 Å². The predicted molar refractivity (Wildman–Crippen MR) is 70.5 cm³/mol. The summed E-state index contributed by atoms with van der Waals surface area (Å²) in [6.45, 7) is 3.14. The molecule has 0 bridgehead atoms. The summed E-state index contributed by atoms with van der Waals surface area (Å²) in [5.74, 6) is -2.10. The van der Waals surface area contributed by atoms with E-state index in [1.54, 1.807) is 6.92 Å². The SMILES string of the molecule is CCOC(=O)c1[nH]cnc1SCC(NC(C)=O)C(=O)O. The first-order valence-electron chi connectivity index (χ1n) is 5.78. The Bertz CT molecular complexity index is 502. The van der Waals surface area contributed by atoms with Crippen LogP contribution in [0.3, 0.4) is 0 Å². The maximum atomic E-state index is 11.6. The molecule has 1 aromatic heterocycles. The van der Waals surface area contributed by atoms with Gasteiger partial charge in [-0.1, -0.05) is 0 Å². The van der Waals surface area contributed by atoms with Gasteiger partial charge in [0.25, 0.3) is 0 Å². The zero-order valence-electron chi connectivity index (χ0n) is 11.0. The lowest BCUT2D eigenvalue weighted by molar-refractivity contribution is -0.140. The summed E-state index contributed by atoms with van der Waals surface area (Å²) in [5.41, 5.74) is 0.170. The van der Waals surface area contributed by atoms with Gasteiger partial charge in [-0.15, -0.1) is 11.8 Å². The Morgan fingerprint density at radius 3 is 2.80 bits per heavy atom. The van der Waals surface area contributed by atoms with Crippen molar-refractivity contribution >= 4 is 29.6 Å². The van der Waals surface area contributed by atoms with Crippen LogP contribution in [0.2, 0.25) is 0 Å². The molecule has 110 valence electrons. The highest BCUT2D eigenvalue weighted by Crippen LogP contribution is 2.20. The van der Waals surface area contributed by atoms with Crippen molar-refractivity contribution in [2.24, 2.45) is 0 Å². The van der Waals surface area contributed by atoms with Gasteiger partial charge in [0.15, 0.2) is 5.69 Å².